The maximum Gasteiger partial charge on any atom is 0.306 e. The minimum absolute atomic E-state index is 0.00625. The molecule has 1 aliphatic heterocycles. The molecule has 8 heteroatoms. The van der Waals surface area contributed by atoms with Crippen molar-refractivity contribution in [2.75, 3.05) is 19.4 Å². The fraction of sp³-hybridized carbons (Fsp3) is 0.600. The van der Waals surface area contributed by atoms with Crippen molar-refractivity contribution in [2.24, 2.45) is 0 Å². The molecule has 1 fully saturated rings. The van der Waals surface area contributed by atoms with E-state index in [0.717, 1.165) is 24.0 Å². The Hall–Kier alpha value is -1.67. The van der Waals surface area contributed by atoms with Crippen molar-refractivity contribution in [1.29, 1.82) is 0 Å². The molecule has 0 aromatic carbocycles. The lowest BCUT2D eigenvalue weighted by Gasteiger charge is -2.28. The van der Waals surface area contributed by atoms with E-state index in [1.54, 1.807) is 16.8 Å². The number of carbonyl (C=O) groups is 1. The molecule has 126 valence electrons. The zero-order valence-electron chi connectivity index (χ0n) is 13.0. The van der Waals surface area contributed by atoms with Gasteiger partial charge in [0.1, 0.15) is 0 Å². The molecule has 2 heterocycles. The quantitative estimate of drug-likeness (QED) is 0.726. The monoisotopic (exact) mass is 340 g/mol. The van der Waals surface area contributed by atoms with E-state index in [1.807, 2.05) is 0 Å². The van der Waals surface area contributed by atoms with Crippen LogP contribution in [-0.2, 0) is 32.5 Å². The van der Waals surface area contributed by atoms with Gasteiger partial charge in [-0.15, -0.1) is 0 Å². The third-order valence-corrected chi connectivity index (χ3v) is 6.18. The third-order valence-electron chi connectivity index (χ3n) is 4.36. The highest BCUT2D eigenvalue weighted by molar-refractivity contribution is 7.89. The molecule has 23 heavy (non-hydrogen) atoms. The van der Waals surface area contributed by atoms with Crippen LogP contribution in [-0.4, -0.2) is 42.7 Å². The van der Waals surface area contributed by atoms with Gasteiger partial charge in [0.05, 0.1) is 19.3 Å². The van der Waals surface area contributed by atoms with Crippen LogP contribution in [0.15, 0.2) is 17.1 Å². The molecule has 7 nitrogen and oxygen atoms in total. The third kappa shape index (κ3) is 3.48. The summed E-state index contributed by atoms with van der Waals surface area (Å²) in [5.74, 6) is -0.786. The van der Waals surface area contributed by atoms with Gasteiger partial charge in [-0.3, -0.25) is 9.59 Å². The molecule has 3 rings (SSSR count). The van der Waals surface area contributed by atoms with Crippen molar-refractivity contribution < 1.29 is 17.9 Å². The number of carbonyl (C=O) groups excluding carboxylic acids is 1. The number of methoxy groups -OCH3 is 1. The second-order valence-electron chi connectivity index (χ2n) is 6.03. The Labute approximate surface area is 134 Å². The Balaban J connectivity index is 1.77. The molecule has 2 aliphatic rings. The van der Waals surface area contributed by atoms with Gasteiger partial charge in [-0.2, -0.15) is 4.31 Å². The van der Waals surface area contributed by atoms with Crippen molar-refractivity contribution in [2.45, 2.75) is 38.3 Å². The molecule has 1 aromatic heterocycles. The van der Waals surface area contributed by atoms with Gasteiger partial charge < -0.3 is 9.30 Å². The van der Waals surface area contributed by atoms with E-state index in [2.05, 4.69) is 4.74 Å². The second-order valence-corrected chi connectivity index (χ2v) is 8.11. The Morgan fingerprint density at radius 1 is 1.35 bits per heavy atom. The first kappa shape index (κ1) is 16.2. The molecule has 0 spiro atoms. The number of fused-ring (bicyclic) bond motifs is 1. The largest absolute Gasteiger partial charge is 0.469 e. The molecule has 0 saturated heterocycles. The van der Waals surface area contributed by atoms with Gasteiger partial charge in [0.15, 0.2) is 0 Å². The maximum atomic E-state index is 12.4. The lowest BCUT2D eigenvalue weighted by Crippen LogP contribution is -2.39. The second kappa shape index (κ2) is 6.09. The maximum absolute atomic E-state index is 12.4. The number of pyridine rings is 1. The van der Waals surface area contributed by atoms with Crippen molar-refractivity contribution in [1.82, 2.24) is 8.87 Å². The van der Waals surface area contributed by atoms with Crippen molar-refractivity contribution in [3.8, 4) is 0 Å². The molecule has 0 atom stereocenters. The lowest BCUT2D eigenvalue weighted by molar-refractivity contribution is -0.140. The van der Waals surface area contributed by atoms with Gasteiger partial charge in [-0.25, -0.2) is 8.42 Å². The fourth-order valence-corrected chi connectivity index (χ4v) is 4.23. The molecule has 0 bridgehead atoms. The van der Waals surface area contributed by atoms with E-state index in [1.165, 1.54) is 11.4 Å². The average molecular weight is 340 g/mol. The highest BCUT2D eigenvalue weighted by Crippen LogP contribution is 2.34. The predicted octanol–water partition coefficient (Wildman–Crippen LogP) is 0.434. The minimum Gasteiger partial charge on any atom is -0.469 e. The van der Waals surface area contributed by atoms with Crippen LogP contribution in [0.25, 0.3) is 0 Å². The molecule has 1 saturated carbocycles. The number of rotatable bonds is 5. The molecular weight excluding hydrogens is 320 g/mol. The van der Waals surface area contributed by atoms with Gasteiger partial charge in [-0.05, 0) is 30.4 Å². The van der Waals surface area contributed by atoms with Crippen LogP contribution in [0, 0.1) is 0 Å². The van der Waals surface area contributed by atoms with Gasteiger partial charge in [0.2, 0.25) is 10.0 Å². The highest BCUT2D eigenvalue weighted by atomic mass is 32.2. The van der Waals surface area contributed by atoms with Crippen LogP contribution in [0.1, 0.15) is 36.4 Å². The predicted molar refractivity (Wildman–Crippen MR) is 83.5 cm³/mol. The summed E-state index contributed by atoms with van der Waals surface area (Å²) < 4.78 is 32.3. The average Bonchev–Trinajstić information content (AvgIpc) is 3.36. The summed E-state index contributed by atoms with van der Waals surface area (Å²) in [6.07, 6.45) is 4.17. The summed E-state index contributed by atoms with van der Waals surface area (Å²) in [5, 5.41) is 0. The first-order valence-electron chi connectivity index (χ1n) is 7.69. The van der Waals surface area contributed by atoms with Crippen LogP contribution in [0.3, 0.4) is 0 Å². The summed E-state index contributed by atoms with van der Waals surface area (Å²) in [7, 11) is -2.27. The number of aromatic nitrogens is 1. The number of sulfonamides is 1. The summed E-state index contributed by atoms with van der Waals surface area (Å²) >= 11 is 0. The van der Waals surface area contributed by atoms with Gasteiger partial charge in [-0.1, -0.05) is 0 Å². The number of hydrogen-bond acceptors (Lipinski definition) is 5. The van der Waals surface area contributed by atoms with Gasteiger partial charge >= 0.3 is 5.97 Å². The summed E-state index contributed by atoms with van der Waals surface area (Å²) in [5.41, 5.74) is 1.80. The zero-order valence-corrected chi connectivity index (χ0v) is 13.8. The van der Waals surface area contributed by atoms with Gasteiger partial charge in [0.25, 0.3) is 5.56 Å². The Morgan fingerprint density at radius 3 is 2.74 bits per heavy atom. The highest BCUT2D eigenvalue weighted by Gasteiger charge is 2.30. The molecule has 0 unspecified atom stereocenters. The van der Waals surface area contributed by atoms with Crippen molar-refractivity contribution in [3.63, 3.8) is 0 Å². The SMILES string of the molecule is COC(=O)CCS(=O)(=O)N1CCc2cc(=O)n(C3CC3)cc2C1. The molecule has 0 radical (unpaired) electrons. The normalized spacial score (nSPS) is 18.5. The van der Waals surface area contributed by atoms with E-state index in [4.69, 9.17) is 0 Å². The summed E-state index contributed by atoms with van der Waals surface area (Å²) in [6.45, 7) is 0.592. The lowest BCUT2D eigenvalue weighted by atomic mass is 10.0. The fourth-order valence-electron chi connectivity index (χ4n) is 2.84. The van der Waals surface area contributed by atoms with E-state index in [-0.39, 0.29) is 30.3 Å². The van der Waals surface area contributed by atoms with Crippen LogP contribution in [0.4, 0.5) is 0 Å². The standard InChI is InChI=1S/C15H20N2O5S/c1-22-15(19)5-7-23(20,21)16-6-4-11-8-14(18)17(13-2-3-13)10-12(11)9-16/h8,10,13H,2-7,9H2,1H3. The first-order valence-corrected chi connectivity index (χ1v) is 9.30. The van der Waals surface area contributed by atoms with Crippen LogP contribution in [0.5, 0.6) is 0 Å². The number of hydrogen-bond donors (Lipinski definition) is 0. The zero-order chi connectivity index (χ0) is 16.6. The van der Waals surface area contributed by atoms with Gasteiger partial charge in [0, 0.05) is 31.4 Å². The van der Waals surface area contributed by atoms with E-state index >= 15 is 0 Å². The molecule has 0 amide bonds. The van der Waals surface area contributed by atoms with Crippen molar-refractivity contribution in [3.05, 3.63) is 33.7 Å². The van der Waals surface area contributed by atoms with E-state index < -0.39 is 16.0 Å². The first-order chi connectivity index (χ1) is 10.9. The summed E-state index contributed by atoms with van der Waals surface area (Å²) in [4.78, 5) is 23.2. The Morgan fingerprint density at radius 2 is 2.09 bits per heavy atom. The van der Waals surface area contributed by atoms with Crippen LogP contribution < -0.4 is 5.56 Å². The number of nitrogens with zero attached hydrogens (tertiary/aromatic N) is 2. The van der Waals surface area contributed by atoms with Crippen LogP contribution >= 0.6 is 0 Å². The van der Waals surface area contributed by atoms with E-state index in [9.17, 15) is 18.0 Å². The Bertz CT molecular complexity index is 780. The molecule has 0 N–H and O–H groups in total. The topological polar surface area (TPSA) is 85.7 Å². The van der Waals surface area contributed by atoms with Crippen LogP contribution in [0.2, 0.25) is 0 Å². The van der Waals surface area contributed by atoms with E-state index in [0.29, 0.717) is 13.0 Å². The Kier molecular flexibility index (Phi) is 4.29. The number of esters is 1. The smallest absolute Gasteiger partial charge is 0.306 e. The minimum atomic E-state index is -3.51. The summed E-state index contributed by atoms with van der Waals surface area (Å²) in [6, 6.07) is 1.89. The molecule has 1 aliphatic carbocycles. The van der Waals surface area contributed by atoms with Crippen molar-refractivity contribution >= 4 is 16.0 Å². The molecule has 1 aromatic rings. The number of ether oxygens (including phenoxy) is 1. The molecular formula is C15H20N2O5S.